The molecular formula is C33H24F2N8O3S. The van der Waals surface area contributed by atoms with Gasteiger partial charge in [-0.2, -0.15) is 5.10 Å². The number of rotatable bonds is 7. The molecule has 1 amide bonds. The first kappa shape index (κ1) is 29.8. The smallest absolute Gasteiger partial charge is 0.255 e. The van der Waals surface area contributed by atoms with Crippen LogP contribution < -0.4 is 11.1 Å². The molecule has 14 heteroatoms. The molecule has 0 bridgehead atoms. The molecule has 1 atom stereocenters. The third-order valence-corrected chi connectivity index (χ3v) is 8.79. The van der Waals surface area contributed by atoms with Crippen molar-refractivity contribution < 1.29 is 22.0 Å². The zero-order valence-corrected chi connectivity index (χ0v) is 25.3. The lowest BCUT2D eigenvalue weighted by molar-refractivity contribution is 0.102. The highest BCUT2D eigenvalue weighted by molar-refractivity contribution is 7.90. The Morgan fingerprint density at radius 2 is 1.74 bits per heavy atom. The summed E-state index contributed by atoms with van der Waals surface area (Å²) in [6.45, 7) is 0. The molecule has 0 aliphatic heterocycles. The Balaban J connectivity index is 1.27. The van der Waals surface area contributed by atoms with Gasteiger partial charge in [-0.15, -0.1) is 0 Å². The van der Waals surface area contributed by atoms with Gasteiger partial charge < -0.3 is 16.0 Å². The number of aromatic amines is 2. The number of H-pyrrole nitrogens is 2. The predicted molar refractivity (Wildman–Crippen MR) is 174 cm³/mol. The van der Waals surface area contributed by atoms with Crippen LogP contribution in [0.25, 0.3) is 55.8 Å². The summed E-state index contributed by atoms with van der Waals surface area (Å²) in [6, 6.07) is 18.9. The average molecular weight is 651 g/mol. The number of anilines is 1. The normalized spacial score (nSPS) is 12.4. The Labute approximate surface area is 265 Å². The van der Waals surface area contributed by atoms with Crippen molar-refractivity contribution in [3.05, 3.63) is 114 Å². The van der Waals surface area contributed by atoms with Crippen LogP contribution in [0, 0.1) is 11.6 Å². The van der Waals surface area contributed by atoms with Crippen LogP contribution in [0.5, 0.6) is 0 Å². The lowest BCUT2D eigenvalue weighted by Crippen LogP contribution is -2.20. The first-order valence-electron chi connectivity index (χ1n) is 14.1. The van der Waals surface area contributed by atoms with Crippen LogP contribution in [0.1, 0.15) is 21.3 Å². The Morgan fingerprint density at radius 1 is 0.936 bits per heavy atom. The molecule has 0 aliphatic rings. The van der Waals surface area contributed by atoms with Crippen molar-refractivity contribution in [1.82, 2.24) is 30.1 Å². The fourth-order valence-electron chi connectivity index (χ4n) is 5.30. The van der Waals surface area contributed by atoms with Crippen molar-refractivity contribution in [3.63, 3.8) is 0 Å². The Morgan fingerprint density at radius 3 is 2.53 bits per heavy atom. The Hall–Kier alpha value is -5.86. The van der Waals surface area contributed by atoms with Crippen LogP contribution in [0.3, 0.4) is 0 Å². The van der Waals surface area contributed by atoms with Crippen molar-refractivity contribution in [2.75, 3.05) is 11.6 Å². The SMILES string of the molecule is CS(=O)(=O)C(N)c1cc(F)cc(-c2nccc3[nH]c(-c4n[nH]c5c(F)cc(-c6cncc(NC(=O)c7ccccc7)c6)cc45)nc23)c1. The molecule has 5 N–H and O–H groups in total. The lowest BCUT2D eigenvalue weighted by Gasteiger charge is -2.12. The minimum atomic E-state index is -3.70. The van der Waals surface area contributed by atoms with Crippen molar-refractivity contribution in [1.29, 1.82) is 0 Å². The van der Waals surface area contributed by atoms with Crippen molar-refractivity contribution in [2.45, 2.75) is 5.37 Å². The molecule has 234 valence electrons. The lowest BCUT2D eigenvalue weighted by atomic mass is 10.0. The molecule has 4 aromatic heterocycles. The van der Waals surface area contributed by atoms with Gasteiger partial charge >= 0.3 is 0 Å². The molecule has 47 heavy (non-hydrogen) atoms. The number of benzene rings is 3. The topological polar surface area (TPSA) is 172 Å². The first-order valence-corrected chi connectivity index (χ1v) is 16.1. The van der Waals surface area contributed by atoms with Crippen LogP contribution in [0.2, 0.25) is 0 Å². The predicted octanol–water partition coefficient (Wildman–Crippen LogP) is 5.76. The van der Waals surface area contributed by atoms with Gasteiger partial charge in [-0.05, 0) is 65.7 Å². The average Bonchev–Trinajstić information content (AvgIpc) is 3.69. The Bertz CT molecular complexity index is 2450. The summed E-state index contributed by atoms with van der Waals surface area (Å²) in [7, 11) is -3.70. The first-order chi connectivity index (χ1) is 22.5. The number of nitrogens with one attached hydrogen (secondary N) is 3. The van der Waals surface area contributed by atoms with Crippen LogP contribution in [-0.2, 0) is 9.84 Å². The minimum Gasteiger partial charge on any atom is -0.336 e. The van der Waals surface area contributed by atoms with E-state index in [0.29, 0.717) is 44.5 Å². The van der Waals surface area contributed by atoms with E-state index < -0.39 is 26.8 Å². The number of pyridine rings is 2. The number of carbonyl (C=O) groups is 1. The number of halogens is 2. The molecule has 0 saturated heterocycles. The van der Waals surface area contributed by atoms with Crippen LogP contribution in [-0.4, -0.2) is 50.7 Å². The molecule has 0 saturated carbocycles. The van der Waals surface area contributed by atoms with E-state index in [-0.39, 0.29) is 34.1 Å². The van der Waals surface area contributed by atoms with Gasteiger partial charge in [-0.1, -0.05) is 18.2 Å². The number of nitrogens with two attached hydrogens (primary N) is 1. The highest BCUT2D eigenvalue weighted by Crippen LogP contribution is 2.35. The fraction of sp³-hybridized carbons (Fsp3) is 0.0606. The van der Waals surface area contributed by atoms with Gasteiger partial charge in [0.15, 0.2) is 15.7 Å². The maximum absolute atomic E-state index is 15.4. The number of carbonyl (C=O) groups excluding carboxylic acids is 1. The molecule has 7 rings (SSSR count). The molecular weight excluding hydrogens is 626 g/mol. The second kappa shape index (κ2) is 11.5. The number of imidazole rings is 1. The highest BCUT2D eigenvalue weighted by Gasteiger charge is 2.22. The number of sulfone groups is 1. The zero-order valence-electron chi connectivity index (χ0n) is 24.5. The molecule has 3 aromatic carbocycles. The van der Waals surface area contributed by atoms with E-state index in [1.807, 2.05) is 6.07 Å². The van der Waals surface area contributed by atoms with Gasteiger partial charge in [0.2, 0.25) is 0 Å². The van der Waals surface area contributed by atoms with E-state index in [0.717, 1.165) is 12.3 Å². The molecule has 1 unspecified atom stereocenters. The van der Waals surface area contributed by atoms with E-state index >= 15 is 4.39 Å². The van der Waals surface area contributed by atoms with Crippen LogP contribution in [0.15, 0.2) is 91.4 Å². The second-order valence-electron chi connectivity index (χ2n) is 10.9. The third-order valence-electron chi connectivity index (χ3n) is 7.60. The van der Waals surface area contributed by atoms with Gasteiger partial charge in [-0.3, -0.25) is 19.9 Å². The van der Waals surface area contributed by atoms with E-state index in [9.17, 15) is 17.6 Å². The summed E-state index contributed by atoms with van der Waals surface area (Å²) < 4.78 is 54.2. The summed E-state index contributed by atoms with van der Waals surface area (Å²) in [4.78, 5) is 29.2. The van der Waals surface area contributed by atoms with Crippen molar-refractivity contribution >= 4 is 43.4 Å². The van der Waals surface area contributed by atoms with Gasteiger partial charge in [0.1, 0.15) is 33.7 Å². The number of nitrogens with zero attached hydrogens (tertiary/aromatic N) is 4. The van der Waals surface area contributed by atoms with Gasteiger partial charge in [-0.25, -0.2) is 22.2 Å². The van der Waals surface area contributed by atoms with Crippen molar-refractivity contribution in [3.8, 4) is 33.9 Å². The van der Waals surface area contributed by atoms with E-state index in [2.05, 4.69) is 35.5 Å². The summed E-state index contributed by atoms with van der Waals surface area (Å²) in [5.41, 5.74) is 9.77. The molecule has 0 fully saturated rings. The molecule has 7 aromatic rings. The quantitative estimate of drug-likeness (QED) is 0.169. The molecule has 0 aliphatic carbocycles. The number of hydrogen-bond donors (Lipinski definition) is 4. The third kappa shape index (κ3) is 5.71. The van der Waals surface area contributed by atoms with Gasteiger partial charge in [0.25, 0.3) is 5.91 Å². The number of hydrogen-bond acceptors (Lipinski definition) is 8. The summed E-state index contributed by atoms with van der Waals surface area (Å²) in [6.07, 6.45) is 5.53. The largest absolute Gasteiger partial charge is 0.336 e. The van der Waals surface area contributed by atoms with E-state index in [1.54, 1.807) is 48.7 Å². The van der Waals surface area contributed by atoms with Crippen LogP contribution >= 0.6 is 0 Å². The Kier molecular flexibility index (Phi) is 7.30. The number of fused-ring (bicyclic) bond motifs is 2. The number of aromatic nitrogens is 6. The van der Waals surface area contributed by atoms with Crippen LogP contribution in [0.4, 0.5) is 14.5 Å². The van der Waals surface area contributed by atoms with E-state index in [1.165, 1.54) is 30.6 Å². The maximum atomic E-state index is 15.4. The monoisotopic (exact) mass is 650 g/mol. The zero-order chi connectivity index (χ0) is 32.9. The minimum absolute atomic E-state index is 0.0663. The molecule has 4 heterocycles. The molecule has 0 spiro atoms. The van der Waals surface area contributed by atoms with Crippen molar-refractivity contribution in [2.24, 2.45) is 5.73 Å². The summed E-state index contributed by atoms with van der Waals surface area (Å²) in [5.74, 6) is -1.29. The number of amides is 1. The second-order valence-corrected chi connectivity index (χ2v) is 13.1. The standard InChI is InChI=1S/C33H24F2N8O3S/c1-47(45,46)31(36)20-9-19(10-22(34)11-20)27-30-26(7-8-38-27)40-32(41-30)29-24-13-18(14-25(35)28(24)42-43-29)21-12-23(16-37-15-21)39-33(44)17-5-3-2-4-6-17/h2-16,31H,36H2,1H3,(H,39,44)(H,40,41)(H,42,43). The highest BCUT2D eigenvalue weighted by atomic mass is 32.2. The summed E-state index contributed by atoms with van der Waals surface area (Å²) in [5, 5.41) is 8.86. The van der Waals surface area contributed by atoms with Gasteiger partial charge in [0.05, 0.1) is 23.1 Å². The molecule has 11 nitrogen and oxygen atoms in total. The van der Waals surface area contributed by atoms with Gasteiger partial charge in [0, 0.05) is 40.7 Å². The van der Waals surface area contributed by atoms with E-state index in [4.69, 9.17) is 5.73 Å². The maximum Gasteiger partial charge on any atom is 0.255 e. The summed E-state index contributed by atoms with van der Waals surface area (Å²) >= 11 is 0. The fourth-order valence-corrected chi connectivity index (χ4v) is 5.93. The molecule has 0 radical (unpaired) electrons.